The summed E-state index contributed by atoms with van der Waals surface area (Å²) in [7, 11) is 0. The van der Waals surface area contributed by atoms with Crippen LogP contribution in [0.15, 0.2) is 101 Å². The molecule has 1 aliphatic carbocycles. The lowest BCUT2D eigenvalue weighted by molar-refractivity contribution is -0.143. The molecule has 0 unspecified atom stereocenters. The number of hydrogen-bond acceptors (Lipinski definition) is 4. The summed E-state index contributed by atoms with van der Waals surface area (Å²) in [4.78, 5) is 26.2. The topological polar surface area (TPSA) is 43.4 Å². The first-order valence-corrected chi connectivity index (χ1v) is 12.6. The number of esters is 1. The Morgan fingerprint density at radius 1 is 0.857 bits per heavy atom. The number of rotatable bonds is 8. The van der Waals surface area contributed by atoms with Crippen molar-refractivity contribution >= 4 is 24.0 Å². The van der Waals surface area contributed by atoms with Gasteiger partial charge in [-0.25, -0.2) is 0 Å². The van der Waals surface area contributed by atoms with E-state index in [-0.39, 0.29) is 11.9 Å². The van der Waals surface area contributed by atoms with Crippen LogP contribution in [0.25, 0.3) is 11.1 Å². The van der Waals surface area contributed by atoms with Crippen molar-refractivity contribution in [1.82, 2.24) is 0 Å². The quantitative estimate of drug-likeness (QED) is 0.198. The molecule has 0 saturated carbocycles. The summed E-state index contributed by atoms with van der Waals surface area (Å²) >= 11 is 1.58. The number of fused-ring (bicyclic) bond motifs is 3. The molecule has 0 fully saturated rings. The fourth-order valence-electron chi connectivity index (χ4n) is 4.76. The Hall–Kier alpha value is -3.63. The van der Waals surface area contributed by atoms with Crippen LogP contribution in [0.3, 0.4) is 0 Å². The van der Waals surface area contributed by atoms with Crippen molar-refractivity contribution in [2.75, 3.05) is 6.61 Å². The van der Waals surface area contributed by atoms with Gasteiger partial charge in [0.05, 0.1) is 0 Å². The van der Waals surface area contributed by atoms with Gasteiger partial charge in [-0.3, -0.25) is 9.59 Å². The Morgan fingerprint density at radius 2 is 1.51 bits per heavy atom. The fraction of sp³-hybridized carbons (Fsp3) is 0.161. The first kappa shape index (κ1) is 23.1. The fourth-order valence-corrected chi connectivity index (χ4v) is 5.89. The lowest BCUT2D eigenvalue weighted by atomic mass is 9.98. The Balaban J connectivity index is 1.26. The monoisotopic (exact) mass is 478 g/mol. The highest BCUT2D eigenvalue weighted by molar-refractivity contribution is 7.99. The Morgan fingerprint density at radius 3 is 2.23 bits per heavy atom. The summed E-state index contributed by atoms with van der Waals surface area (Å²) < 4.78 is 5.79. The molecule has 35 heavy (non-hydrogen) atoms. The minimum absolute atomic E-state index is 0.0660. The van der Waals surface area contributed by atoms with Crippen LogP contribution in [0.2, 0.25) is 0 Å². The van der Waals surface area contributed by atoms with E-state index in [9.17, 15) is 9.59 Å². The second-order valence-electron chi connectivity index (χ2n) is 8.73. The summed E-state index contributed by atoms with van der Waals surface area (Å²) in [5.41, 5.74) is 7.76. The van der Waals surface area contributed by atoms with E-state index in [2.05, 4.69) is 55.5 Å². The van der Waals surface area contributed by atoms with Gasteiger partial charge in [0.2, 0.25) is 0 Å². The van der Waals surface area contributed by atoms with Gasteiger partial charge in [-0.15, -0.1) is 0 Å². The molecule has 5 rings (SSSR count). The summed E-state index contributed by atoms with van der Waals surface area (Å²) in [6, 6.07) is 30.4. The van der Waals surface area contributed by atoms with Gasteiger partial charge >= 0.3 is 5.97 Å². The average molecular weight is 479 g/mol. The normalized spacial score (nSPS) is 12.1. The van der Waals surface area contributed by atoms with Crippen LogP contribution in [-0.4, -0.2) is 18.9 Å². The van der Waals surface area contributed by atoms with Gasteiger partial charge in [0.25, 0.3) is 0 Å². The molecule has 0 aromatic heterocycles. The number of carbonyl (C=O) groups is 2. The molecule has 4 aromatic carbocycles. The van der Waals surface area contributed by atoms with Gasteiger partial charge in [-0.2, -0.15) is 0 Å². The number of carbonyl (C=O) groups excluding carboxylic acids is 2. The summed E-state index contributed by atoms with van der Waals surface area (Å²) in [5, 5.41) is 0. The Bertz CT molecular complexity index is 1350. The zero-order valence-corrected chi connectivity index (χ0v) is 20.4. The molecule has 0 radical (unpaired) electrons. The van der Waals surface area contributed by atoms with Crippen LogP contribution in [-0.2, 0) is 16.0 Å². The SMILES string of the molecule is Cc1cccc(CCC(=O)OCC2c3ccccc3-c3ccccc32)c1Sc1ccccc1C=O. The molecule has 0 N–H and O–H groups in total. The van der Waals surface area contributed by atoms with Crippen LogP contribution >= 0.6 is 11.8 Å². The standard InChI is InChI=1S/C31H26O3S/c1-21-9-8-11-22(31(21)35-29-16-7-2-10-23(29)19-32)17-18-30(33)34-20-28-26-14-5-3-12-24(26)25-13-4-6-15-27(25)28/h2-16,19,28H,17-18,20H2,1H3. The van der Waals surface area contributed by atoms with E-state index in [1.165, 1.54) is 22.3 Å². The number of aldehydes is 1. The molecule has 0 atom stereocenters. The molecule has 0 aliphatic heterocycles. The lowest BCUT2D eigenvalue weighted by Crippen LogP contribution is -2.13. The molecule has 174 valence electrons. The van der Waals surface area contributed by atoms with Gasteiger partial charge in [-0.1, -0.05) is 96.7 Å². The maximum absolute atomic E-state index is 12.8. The third-order valence-corrected chi connectivity index (χ3v) is 7.90. The van der Waals surface area contributed by atoms with E-state index in [1.807, 2.05) is 42.5 Å². The maximum Gasteiger partial charge on any atom is 0.306 e. The molecule has 0 saturated heterocycles. The second-order valence-corrected chi connectivity index (χ2v) is 9.78. The molecular formula is C31H26O3S. The molecule has 0 heterocycles. The lowest BCUT2D eigenvalue weighted by Gasteiger charge is -2.15. The first-order chi connectivity index (χ1) is 17.2. The zero-order chi connectivity index (χ0) is 24.2. The van der Waals surface area contributed by atoms with E-state index in [4.69, 9.17) is 4.74 Å². The summed E-state index contributed by atoms with van der Waals surface area (Å²) in [6.07, 6.45) is 1.78. The van der Waals surface area contributed by atoms with Crippen molar-refractivity contribution in [3.63, 3.8) is 0 Å². The average Bonchev–Trinajstić information content (AvgIpc) is 3.21. The highest BCUT2D eigenvalue weighted by Crippen LogP contribution is 2.44. The molecule has 4 aromatic rings. The van der Waals surface area contributed by atoms with Crippen molar-refractivity contribution in [2.45, 2.75) is 35.5 Å². The van der Waals surface area contributed by atoms with Crippen molar-refractivity contribution in [3.05, 3.63) is 119 Å². The predicted molar refractivity (Wildman–Crippen MR) is 140 cm³/mol. The zero-order valence-electron chi connectivity index (χ0n) is 19.6. The Labute approximate surface area is 210 Å². The predicted octanol–water partition coefficient (Wildman–Crippen LogP) is 7.25. The summed E-state index contributed by atoms with van der Waals surface area (Å²) in [6.45, 7) is 2.40. The highest BCUT2D eigenvalue weighted by atomic mass is 32.2. The number of ether oxygens (including phenoxy) is 1. The molecule has 0 bridgehead atoms. The van der Waals surface area contributed by atoms with Crippen LogP contribution in [0.5, 0.6) is 0 Å². The molecule has 0 amide bonds. The highest BCUT2D eigenvalue weighted by Gasteiger charge is 2.29. The number of hydrogen-bond donors (Lipinski definition) is 0. The van der Waals surface area contributed by atoms with E-state index >= 15 is 0 Å². The smallest absolute Gasteiger partial charge is 0.306 e. The first-order valence-electron chi connectivity index (χ1n) is 11.8. The van der Waals surface area contributed by atoms with Crippen LogP contribution in [0.1, 0.15) is 45.0 Å². The van der Waals surface area contributed by atoms with Gasteiger partial charge in [-0.05, 0) is 52.8 Å². The van der Waals surface area contributed by atoms with E-state index in [1.54, 1.807) is 11.8 Å². The van der Waals surface area contributed by atoms with E-state index < -0.39 is 0 Å². The van der Waals surface area contributed by atoms with Crippen molar-refractivity contribution in [1.29, 1.82) is 0 Å². The van der Waals surface area contributed by atoms with Gasteiger partial charge in [0.15, 0.2) is 6.29 Å². The maximum atomic E-state index is 12.8. The van der Waals surface area contributed by atoms with Crippen molar-refractivity contribution in [3.8, 4) is 11.1 Å². The van der Waals surface area contributed by atoms with Gasteiger partial charge in [0.1, 0.15) is 6.61 Å². The molecule has 0 spiro atoms. The largest absolute Gasteiger partial charge is 0.465 e. The van der Waals surface area contributed by atoms with Gasteiger partial charge < -0.3 is 4.74 Å². The molecule has 1 aliphatic rings. The van der Waals surface area contributed by atoms with Crippen LogP contribution in [0, 0.1) is 6.92 Å². The third kappa shape index (κ3) is 4.80. The summed E-state index contributed by atoms with van der Waals surface area (Å²) in [5.74, 6) is -0.131. The molecular weight excluding hydrogens is 452 g/mol. The molecule has 4 heteroatoms. The van der Waals surface area contributed by atoms with E-state index in [0.29, 0.717) is 25.0 Å². The Kier molecular flexibility index (Phi) is 6.82. The van der Waals surface area contributed by atoms with Crippen LogP contribution < -0.4 is 0 Å². The van der Waals surface area contributed by atoms with Crippen molar-refractivity contribution in [2.24, 2.45) is 0 Å². The third-order valence-electron chi connectivity index (χ3n) is 6.52. The minimum atomic E-state index is -0.197. The second kappa shape index (κ2) is 10.3. The van der Waals surface area contributed by atoms with Crippen LogP contribution in [0.4, 0.5) is 0 Å². The van der Waals surface area contributed by atoms with E-state index in [0.717, 1.165) is 27.2 Å². The van der Waals surface area contributed by atoms with Crippen molar-refractivity contribution < 1.29 is 14.3 Å². The minimum Gasteiger partial charge on any atom is -0.465 e. The number of aryl methyl sites for hydroxylation is 2. The molecule has 3 nitrogen and oxygen atoms in total. The van der Waals surface area contributed by atoms with Gasteiger partial charge in [0, 0.05) is 27.7 Å². The number of benzene rings is 4.